The van der Waals surface area contributed by atoms with Gasteiger partial charge in [0.05, 0.1) is 14.2 Å². The highest BCUT2D eigenvalue weighted by Crippen LogP contribution is 2.25. The van der Waals surface area contributed by atoms with Crippen molar-refractivity contribution >= 4 is 0 Å². The van der Waals surface area contributed by atoms with Crippen LogP contribution in [0.1, 0.15) is 30.5 Å². The Morgan fingerprint density at radius 2 is 1.36 bits per heavy atom. The van der Waals surface area contributed by atoms with Crippen LogP contribution in [-0.2, 0) is 6.42 Å². The molecule has 0 amide bonds. The maximum Gasteiger partial charge on any atom is 0.118 e. The molecule has 0 aliphatic heterocycles. The molecule has 0 heterocycles. The predicted molar refractivity (Wildman–Crippen MR) is 90.4 cm³/mol. The van der Waals surface area contributed by atoms with Crippen LogP contribution >= 0.6 is 0 Å². The van der Waals surface area contributed by atoms with Crippen LogP contribution < -0.4 is 15.2 Å². The Hall–Kier alpha value is -2.00. The lowest BCUT2D eigenvalue weighted by Crippen LogP contribution is -2.19. The predicted octanol–water partition coefficient (Wildman–Crippen LogP) is 3.97. The number of aryl methyl sites for hydroxylation is 1. The molecule has 0 fully saturated rings. The quantitative estimate of drug-likeness (QED) is 0.841. The topological polar surface area (TPSA) is 44.5 Å². The summed E-state index contributed by atoms with van der Waals surface area (Å²) in [6, 6.07) is 16.3. The highest BCUT2D eigenvalue weighted by molar-refractivity contribution is 5.29. The first-order valence-electron chi connectivity index (χ1n) is 7.66. The second kappa shape index (κ2) is 7.85. The van der Waals surface area contributed by atoms with Crippen molar-refractivity contribution < 1.29 is 9.47 Å². The van der Waals surface area contributed by atoms with Crippen molar-refractivity contribution in [3.63, 3.8) is 0 Å². The zero-order chi connectivity index (χ0) is 15.9. The molecular weight excluding hydrogens is 274 g/mol. The molecule has 118 valence electrons. The monoisotopic (exact) mass is 299 g/mol. The lowest BCUT2D eigenvalue weighted by molar-refractivity contribution is 0.412. The third-order valence-corrected chi connectivity index (χ3v) is 4.16. The summed E-state index contributed by atoms with van der Waals surface area (Å²) >= 11 is 0. The second-order valence-electron chi connectivity index (χ2n) is 5.66. The average molecular weight is 299 g/mol. The first-order chi connectivity index (χ1) is 10.6. The molecule has 22 heavy (non-hydrogen) atoms. The summed E-state index contributed by atoms with van der Waals surface area (Å²) in [5.74, 6) is 2.17. The van der Waals surface area contributed by atoms with Crippen LogP contribution in [0.15, 0.2) is 48.5 Å². The van der Waals surface area contributed by atoms with Gasteiger partial charge in [-0.05, 0) is 54.2 Å². The van der Waals surface area contributed by atoms with Crippen molar-refractivity contribution in [2.75, 3.05) is 14.2 Å². The molecule has 3 nitrogen and oxygen atoms in total. The molecule has 2 rings (SSSR count). The lowest BCUT2D eigenvalue weighted by Gasteiger charge is -2.20. The summed E-state index contributed by atoms with van der Waals surface area (Å²) in [5.41, 5.74) is 8.85. The molecule has 0 bridgehead atoms. The van der Waals surface area contributed by atoms with Crippen molar-refractivity contribution in [2.24, 2.45) is 11.7 Å². The zero-order valence-electron chi connectivity index (χ0n) is 13.6. The molecule has 0 saturated heterocycles. The van der Waals surface area contributed by atoms with Crippen molar-refractivity contribution in [3.8, 4) is 11.5 Å². The van der Waals surface area contributed by atoms with E-state index in [9.17, 15) is 0 Å². The standard InChI is InChI=1S/C19H25NO2/c1-14(4-5-15-6-10-17(21-2)11-7-15)19(20)16-8-12-18(22-3)13-9-16/h6-14,19H,4-5,20H2,1-3H3/t14-,19+/m0/s1. The number of rotatable bonds is 7. The van der Waals surface area contributed by atoms with Crippen molar-refractivity contribution in [3.05, 3.63) is 59.7 Å². The molecule has 2 aromatic carbocycles. The molecule has 0 aromatic heterocycles. The Morgan fingerprint density at radius 1 is 0.864 bits per heavy atom. The molecule has 0 saturated carbocycles. The fourth-order valence-corrected chi connectivity index (χ4v) is 2.52. The molecule has 0 aliphatic rings. The van der Waals surface area contributed by atoms with Crippen molar-refractivity contribution in [1.82, 2.24) is 0 Å². The minimum absolute atomic E-state index is 0.0455. The summed E-state index contributed by atoms with van der Waals surface area (Å²) in [7, 11) is 3.36. The van der Waals surface area contributed by atoms with Gasteiger partial charge in [-0.1, -0.05) is 31.2 Å². The summed E-state index contributed by atoms with van der Waals surface area (Å²) in [4.78, 5) is 0. The van der Waals surface area contributed by atoms with E-state index in [4.69, 9.17) is 15.2 Å². The van der Waals surface area contributed by atoms with Gasteiger partial charge in [0, 0.05) is 6.04 Å². The van der Waals surface area contributed by atoms with Crippen LogP contribution in [0, 0.1) is 5.92 Å². The molecule has 0 unspecified atom stereocenters. The molecule has 3 heteroatoms. The minimum Gasteiger partial charge on any atom is -0.497 e. The van der Waals surface area contributed by atoms with Gasteiger partial charge in [0.2, 0.25) is 0 Å². The van der Waals surface area contributed by atoms with Gasteiger partial charge in [0.15, 0.2) is 0 Å². The first kappa shape index (κ1) is 16.4. The van der Waals surface area contributed by atoms with E-state index in [2.05, 4.69) is 19.1 Å². The Bertz CT molecular complexity index is 563. The maximum atomic E-state index is 6.38. The summed E-state index contributed by atoms with van der Waals surface area (Å²) in [5, 5.41) is 0. The number of hydrogen-bond acceptors (Lipinski definition) is 3. The molecule has 2 N–H and O–H groups in total. The highest BCUT2D eigenvalue weighted by Gasteiger charge is 2.15. The second-order valence-corrected chi connectivity index (χ2v) is 5.66. The highest BCUT2D eigenvalue weighted by atomic mass is 16.5. The molecule has 0 aliphatic carbocycles. The van der Waals surface area contributed by atoms with E-state index in [1.807, 2.05) is 36.4 Å². The third kappa shape index (κ3) is 4.25. The van der Waals surface area contributed by atoms with E-state index in [0.717, 1.165) is 29.9 Å². The average Bonchev–Trinajstić information content (AvgIpc) is 2.59. The Labute approximate surface area is 133 Å². The van der Waals surface area contributed by atoms with E-state index in [1.54, 1.807) is 14.2 Å². The Kier molecular flexibility index (Phi) is 5.84. The minimum atomic E-state index is 0.0455. The van der Waals surface area contributed by atoms with Crippen LogP contribution in [0.4, 0.5) is 0 Å². The summed E-state index contributed by atoms with van der Waals surface area (Å²) in [6.45, 7) is 2.21. The van der Waals surface area contributed by atoms with Gasteiger partial charge in [-0.2, -0.15) is 0 Å². The van der Waals surface area contributed by atoms with Gasteiger partial charge in [-0.3, -0.25) is 0 Å². The normalized spacial score (nSPS) is 13.5. The summed E-state index contributed by atoms with van der Waals surface area (Å²) in [6.07, 6.45) is 2.08. The van der Waals surface area contributed by atoms with E-state index in [-0.39, 0.29) is 6.04 Å². The number of hydrogen-bond donors (Lipinski definition) is 1. The largest absolute Gasteiger partial charge is 0.497 e. The van der Waals surface area contributed by atoms with Gasteiger partial charge in [0.25, 0.3) is 0 Å². The van der Waals surface area contributed by atoms with Crippen LogP contribution in [0.5, 0.6) is 11.5 Å². The van der Waals surface area contributed by atoms with Crippen LogP contribution in [0.3, 0.4) is 0 Å². The molecule has 2 atom stereocenters. The van der Waals surface area contributed by atoms with Gasteiger partial charge in [-0.25, -0.2) is 0 Å². The number of nitrogens with two attached hydrogens (primary N) is 1. The lowest BCUT2D eigenvalue weighted by atomic mass is 9.90. The van der Waals surface area contributed by atoms with E-state index in [0.29, 0.717) is 5.92 Å². The molecular formula is C19H25NO2. The van der Waals surface area contributed by atoms with E-state index >= 15 is 0 Å². The van der Waals surface area contributed by atoms with Gasteiger partial charge in [0.1, 0.15) is 11.5 Å². The first-order valence-corrected chi connectivity index (χ1v) is 7.66. The smallest absolute Gasteiger partial charge is 0.118 e. The van der Waals surface area contributed by atoms with E-state index in [1.165, 1.54) is 5.56 Å². The van der Waals surface area contributed by atoms with Crippen molar-refractivity contribution in [2.45, 2.75) is 25.8 Å². The fourth-order valence-electron chi connectivity index (χ4n) is 2.52. The molecule has 0 spiro atoms. The Morgan fingerprint density at radius 3 is 1.86 bits per heavy atom. The Balaban J connectivity index is 1.90. The van der Waals surface area contributed by atoms with E-state index < -0.39 is 0 Å². The molecule has 2 aromatic rings. The number of methoxy groups -OCH3 is 2. The van der Waals surface area contributed by atoms with Crippen LogP contribution in [-0.4, -0.2) is 14.2 Å². The maximum absolute atomic E-state index is 6.38. The number of benzene rings is 2. The third-order valence-electron chi connectivity index (χ3n) is 4.16. The summed E-state index contributed by atoms with van der Waals surface area (Å²) < 4.78 is 10.4. The van der Waals surface area contributed by atoms with Crippen molar-refractivity contribution in [1.29, 1.82) is 0 Å². The van der Waals surface area contributed by atoms with Gasteiger partial charge in [-0.15, -0.1) is 0 Å². The fraction of sp³-hybridized carbons (Fsp3) is 0.368. The van der Waals surface area contributed by atoms with Gasteiger partial charge >= 0.3 is 0 Å². The van der Waals surface area contributed by atoms with Crippen LogP contribution in [0.2, 0.25) is 0 Å². The SMILES string of the molecule is COc1ccc(CC[C@H](C)[C@@H](N)c2ccc(OC)cc2)cc1. The zero-order valence-corrected chi connectivity index (χ0v) is 13.6. The number of ether oxygens (including phenoxy) is 2. The van der Waals surface area contributed by atoms with Gasteiger partial charge < -0.3 is 15.2 Å². The molecule has 0 radical (unpaired) electrons. The van der Waals surface area contributed by atoms with Crippen LogP contribution in [0.25, 0.3) is 0 Å².